The molecular weight excluding hydrogens is 264 g/mol. The Bertz CT molecular complexity index is 779. The maximum atomic E-state index is 5.45. The standard InChI is InChI=1S/C16H16N4O/c1-10(13-8-17-9-13)16-19-15(20-21-16)12-4-5-14-11(7-12)3-2-6-18-14/h2-7,10,13,17H,8-9H2,1H3. The first-order valence-electron chi connectivity index (χ1n) is 7.21. The predicted octanol–water partition coefficient (Wildman–Crippen LogP) is 2.61. The molecule has 0 radical (unpaired) electrons. The van der Waals surface area contributed by atoms with Gasteiger partial charge in [0.05, 0.1) is 5.52 Å². The van der Waals surface area contributed by atoms with Crippen molar-refractivity contribution in [3.8, 4) is 11.4 Å². The molecule has 1 aliphatic heterocycles. The molecule has 0 bridgehead atoms. The number of rotatable bonds is 3. The summed E-state index contributed by atoms with van der Waals surface area (Å²) in [5.41, 5.74) is 1.93. The van der Waals surface area contributed by atoms with Gasteiger partial charge in [0.1, 0.15) is 0 Å². The fraction of sp³-hybridized carbons (Fsp3) is 0.312. The molecule has 1 fully saturated rings. The number of nitrogens with one attached hydrogen (secondary N) is 1. The number of benzene rings is 1. The van der Waals surface area contributed by atoms with E-state index < -0.39 is 0 Å². The molecule has 2 aromatic heterocycles. The predicted molar refractivity (Wildman–Crippen MR) is 79.8 cm³/mol. The number of aromatic nitrogens is 3. The van der Waals surface area contributed by atoms with Crippen LogP contribution >= 0.6 is 0 Å². The van der Waals surface area contributed by atoms with Gasteiger partial charge >= 0.3 is 0 Å². The lowest BCUT2D eigenvalue weighted by Crippen LogP contribution is -2.44. The SMILES string of the molecule is CC(c1nc(-c2ccc3ncccc3c2)no1)C1CNC1. The van der Waals surface area contributed by atoms with Crippen molar-refractivity contribution >= 4 is 10.9 Å². The largest absolute Gasteiger partial charge is 0.339 e. The lowest BCUT2D eigenvalue weighted by Gasteiger charge is -2.30. The summed E-state index contributed by atoms with van der Waals surface area (Å²) in [5.74, 6) is 2.27. The van der Waals surface area contributed by atoms with E-state index in [0.29, 0.717) is 17.7 Å². The molecular formula is C16H16N4O. The molecule has 106 valence electrons. The van der Waals surface area contributed by atoms with Crippen LogP contribution in [-0.2, 0) is 0 Å². The summed E-state index contributed by atoms with van der Waals surface area (Å²) in [6, 6.07) is 9.99. The van der Waals surface area contributed by atoms with Crippen molar-refractivity contribution in [1.82, 2.24) is 20.4 Å². The second kappa shape index (κ2) is 4.93. The van der Waals surface area contributed by atoms with E-state index in [1.54, 1.807) is 6.20 Å². The molecule has 3 heterocycles. The summed E-state index contributed by atoms with van der Waals surface area (Å²) < 4.78 is 5.45. The van der Waals surface area contributed by atoms with Crippen LogP contribution in [0.5, 0.6) is 0 Å². The Morgan fingerprint density at radius 1 is 1.29 bits per heavy atom. The highest BCUT2D eigenvalue weighted by molar-refractivity contribution is 5.82. The molecule has 4 rings (SSSR count). The molecule has 0 spiro atoms. The summed E-state index contributed by atoms with van der Waals surface area (Å²) >= 11 is 0. The van der Waals surface area contributed by atoms with Gasteiger partial charge in [0.15, 0.2) is 0 Å². The molecule has 1 aliphatic rings. The Morgan fingerprint density at radius 2 is 2.19 bits per heavy atom. The van der Waals surface area contributed by atoms with Crippen molar-refractivity contribution in [2.45, 2.75) is 12.8 Å². The van der Waals surface area contributed by atoms with Crippen LogP contribution < -0.4 is 5.32 Å². The summed E-state index contributed by atoms with van der Waals surface area (Å²) in [5, 5.41) is 8.48. The average Bonchev–Trinajstić information content (AvgIpc) is 2.95. The maximum Gasteiger partial charge on any atom is 0.230 e. The molecule has 1 saturated heterocycles. The topological polar surface area (TPSA) is 63.8 Å². The summed E-state index contributed by atoms with van der Waals surface area (Å²) in [6.45, 7) is 4.20. The Labute approximate surface area is 122 Å². The zero-order chi connectivity index (χ0) is 14.2. The Hall–Kier alpha value is -2.27. The van der Waals surface area contributed by atoms with Crippen LogP contribution in [0.1, 0.15) is 18.7 Å². The molecule has 0 aliphatic carbocycles. The third kappa shape index (κ3) is 2.19. The minimum Gasteiger partial charge on any atom is -0.339 e. The average molecular weight is 280 g/mol. The van der Waals surface area contributed by atoms with Crippen molar-refractivity contribution in [1.29, 1.82) is 0 Å². The summed E-state index contributed by atoms with van der Waals surface area (Å²) in [7, 11) is 0. The number of hydrogen-bond acceptors (Lipinski definition) is 5. The van der Waals surface area contributed by atoms with Crippen molar-refractivity contribution in [2.75, 3.05) is 13.1 Å². The van der Waals surface area contributed by atoms with Gasteiger partial charge in [0.2, 0.25) is 11.7 Å². The van der Waals surface area contributed by atoms with Crippen LogP contribution in [0.2, 0.25) is 0 Å². The first-order valence-corrected chi connectivity index (χ1v) is 7.21. The van der Waals surface area contributed by atoms with Gasteiger partial charge in [-0.15, -0.1) is 0 Å². The van der Waals surface area contributed by atoms with Gasteiger partial charge in [-0.25, -0.2) is 0 Å². The van der Waals surface area contributed by atoms with E-state index >= 15 is 0 Å². The third-order valence-electron chi connectivity index (χ3n) is 4.21. The van der Waals surface area contributed by atoms with Crippen LogP contribution in [0, 0.1) is 5.92 Å². The van der Waals surface area contributed by atoms with E-state index in [4.69, 9.17) is 4.52 Å². The number of nitrogens with zero attached hydrogens (tertiary/aromatic N) is 3. The fourth-order valence-electron chi connectivity index (χ4n) is 2.62. The molecule has 1 N–H and O–H groups in total. The zero-order valence-electron chi connectivity index (χ0n) is 11.8. The van der Waals surface area contributed by atoms with Crippen LogP contribution in [0.15, 0.2) is 41.1 Å². The second-order valence-corrected chi connectivity index (χ2v) is 5.57. The molecule has 5 nitrogen and oxygen atoms in total. The van der Waals surface area contributed by atoms with E-state index in [1.807, 2.05) is 30.3 Å². The highest BCUT2D eigenvalue weighted by atomic mass is 16.5. The lowest BCUT2D eigenvalue weighted by atomic mass is 9.89. The second-order valence-electron chi connectivity index (χ2n) is 5.57. The highest BCUT2D eigenvalue weighted by Crippen LogP contribution is 2.28. The smallest absolute Gasteiger partial charge is 0.230 e. The fourth-order valence-corrected chi connectivity index (χ4v) is 2.62. The van der Waals surface area contributed by atoms with Crippen molar-refractivity contribution in [2.24, 2.45) is 5.92 Å². The van der Waals surface area contributed by atoms with Gasteiger partial charge in [-0.3, -0.25) is 4.98 Å². The van der Waals surface area contributed by atoms with Crippen molar-refractivity contribution in [3.05, 3.63) is 42.4 Å². The van der Waals surface area contributed by atoms with Gasteiger partial charge in [-0.1, -0.05) is 18.1 Å². The maximum absolute atomic E-state index is 5.45. The van der Waals surface area contributed by atoms with Gasteiger partial charge in [0, 0.05) is 23.1 Å². The third-order valence-corrected chi connectivity index (χ3v) is 4.21. The summed E-state index contributed by atoms with van der Waals surface area (Å²) in [6.07, 6.45) is 1.79. The molecule has 0 saturated carbocycles. The summed E-state index contributed by atoms with van der Waals surface area (Å²) in [4.78, 5) is 8.88. The first kappa shape index (κ1) is 12.5. The van der Waals surface area contributed by atoms with Gasteiger partial charge in [-0.2, -0.15) is 4.98 Å². The lowest BCUT2D eigenvalue weighted by molar-refractivity contribution is 0.252. The molecule has 1 aromatic carbocycles. The Morgan fingerprint density at radius 3 is 3.00 bits per heavy atom. The van der Waals surface area contributed by atoms with Crippen LogP contribution in [0.3, 0.4) is 0 Å². The number of hydrogen-bond donors (Lipinski definition) is 1. The highest BCUT2D eigenvalue weighted by Gasteiger charge is 2.28. The van der Waals surface area contributed by atoms with E-state index in [1.165, 1.54) is 0 Å². The minimum absolute atomic E-state index is 0.301. The van der Waals surface area contributed by atoms with Gasteiger partial charge < -0.3 is 9.84 Å². The molecule has 1 atom stereocenters. The molecule has 0 amide bonds. The molecule has 5 heteroatoms. The number of pyridine rings is 1. The molecule has 21 heavy (non-hydrogen) atoms. The van der Waals surface area contributed by atoms with Crippen LogP contribution in [-0.4, -0.2) is 28.2 Å². The Balaban J connectivity index is 1.67. The van der Waals surface area contributed by atoms with Crippen LogP contribution in [0.25, 0.3) is 22.3 Å². The van der Waals surface area contributed by atoms with Gasteiger partial charge in [0.25, 0.3) is 0 Å². The normalized spacial score (nSPS) is 16.8. The van der Waals surface area contributed by atoms with E-state index in [0.717, 1.165) is 35.4 Å². The van der Waals surface area contributed by atoms with Gasteiger partial charge in [-0.05, 0) is 43.3 Å². The minimum atomic E-state index is 0.301. The monoisotopic (exact) mass is 280 g/mol. The van der Waals surface area contributed by atoms with E-state index in [-0.39, 0.29) is 0 Å². The number of fused-ring (bicyclic) bond motifs is 1. The first-order chi connectivity index (χ1) is 10.3. The van der Waals surface area contributed by atoms with Crippen molar-refractivity contribution < 1.29 is 4.52 Å². The Kier molecular flexibility index (Phi) is 2.93. The van der Waals surface area contributed by atoms with Crippen molar-refractivity contribution in [3.63, 3.8) is 0 Å². The molecule has 1 unspecified atom stereocenters. The molecule has 3 aromatic rings. The quantitative estimate of drug-likeness (QED) is 0.799. The van der Waals surface area contributed by atoms with E-state index in [9.17, 15) is 0 Å². The van der Waals surface area contributed by atoms with Crippen LogP contribution in [0.4, 0.5) is 0 Å². The zero-order valence-corrected chi connectivity index (χ0v) is 11.8. The van der Waals surface area contributed by atoms with E-state index in [2.05, 4.69) is 27.4 Å².